The number of nitrogens with zero attached hydrogens (tertiary/aromatic N) is 9. The maximum Gasteiger partial charge on any atom is 0.165 e. The molecule has 0 spiro atoms. The van der Waals surface area contributed by atoms with Crippen LogP contribution >= 0.6 is 0 Å². The summed E-state index contributed by atoms with van der Waals surface area (Å²) >= 11 is 0. The Balaban J connectivity index is 0.0000000977. The highest BCUT2D eigenvalue weighted by molar-refractivity contribution is 6.31. The number of hydrogen-bond acceptors (Lipinski definition) is 7. The molecule has 7 heterocycles. The summed E-state index contributed by atoms with van der Waals surface area (Å²) in [6.45, 7) is 9.36. The van der Waals surface area contributed by atoms with Crippen LogP contribution in [0.25, 0.3) is 293 Å². The second kappa shape index (κ2) is 29.1. The Bertz CT molecular complexity index is 10300. The van der Waals surface area contributed by atoms with Crippen molar-refractivity contribution < 1.29 is 4.42 Å². The van der Waals surface area contributed by atoms with Crippen molar-refractivity contribution in [2.45, 2.75) is 38.5 Å². The maximum atomic E-state index is 6.33. The minimum Gasteiger partial charge on any atom is -0.456 e. The molecule has 142 heavy (non-hydrogen) atoms. The normalized spacial score (nSPS) is 13.3. The molecule has 0 radical (unpaired) electrons. The summed E-state index contributed by atoms with van der Waals surface area (Å²) in [5.41, 5.74) is 44.8. The molecule has 0 N–H and O–H groups in total. The molecular formula is C132H81N9O. The van der Waals surface area contributed by atoms with E-state index in [1.807, 2.05) is 36.4 Å². The molecule has 0 bridgehead atoms. The highest BCUT2D eigenvalue weighted by Crippen LogP contribution is 2.59. The zero-order valence-electron chi connectivity index (χ0n) is 77.8. The first kappa shape index (κ1) is 78.8. The molecular weight excluding hydrogens is 1730 g/mol. The third-order valence-electron chi connectivity index (χ3n) is 31.5. The van der Waals surface area contributed by atoms with E-state index in [9.17, 15) is 0 Å². The lowest BCUT2D eigenvalue weighted by molar-refractivity contribution is 0.660. The Morgan fingerprint density at radius 2 is 0.479 bits per heavy atom. The van der Waals surface area contributed by atoms with Crippen molar-refractivity contribution in [1.29, 1.82) is 0 Å². The summed E-state index contributed by atoms with van der Waals surface area (Å²) in [5, 5.41) is 17.5. The number of aromatic nitrogens is 9. The maximum absolute atomic E-state index is 6.33. The minimum atomic E-state index is -0.197. The second-order valence-electron chi connectivity index (χ2n) is 39.6. The fourth-order valence-electron chi connectivity index (χ4n) is 25.6. The van der Waals surface area contributed by atoms with E-state index in [2.05, 4.69) is 424 Å². The fourth-order valence-corrected chi connectivity index (χ4v) is 25.6. The summed E-state index contributed by atoms with van der Waals surface area (Å²) in [5.74, 6) is 2.51. The lowest BCUT2D eigenvalue weighted by atomic mass is 9.79. The van der Waals surface area contributed by atoms with Gasteiger partial charge in [-0.15, -0.1) is 0 Å². The fraction of sp³-hybridized carbons (Fsp3) is 0.0455. The van der Waals surface area contributed by atoms with Gasteiger partial charge in [0.1, 0.15) is 28.2 Å². The molecule has 10 nitrogen and oxygen atoms in total. The molecule has 0 saturated heterocycles. The van der Waals surface area contributed by atoms with Gasteiger partial charge in [0.2, 0.25) is 0 Å². The zero-order valence-corrected chi connectivity index (χ0v) is 77.8. The molecule has 0 saturated carbocycles. The van der Waals surface area contributed by atoms with E-state index < -0.39 is 0 Å². The smallest absolute Gasteiger partial charge is 0.165 e. The highest BCUT2D eigenvalue weighted by atomic mass is 16.3. The number of benzene rings is 21. The Morgan fingerprint density at radius 1 is 0.197 bits per heavy atom. The molecule has 7 aromatic heterocycles. The van der Waals surface area contributed by atoms with E-state index in [1.165, 1.54) is 176 Å². The van der Waals surface area contributed by atoms with Crippen molar-refractivity contribution in [3.63, 3.8) is 0 Å². The summed E-state index contributed by atoms with van der Waals surface area (Å²) < 4.78 is 13.4. The molecule has 0 amide bonds. The van der Waals surface area contributed by atoms with Crippen molar-refractivity contribution in [2.24, 2.45) is 0 Å². The summed E-state index contributed by atoms with van der Waals surface area (Å²) in [6.07, 6.45) is 0. The molecule has 0 unspecified atom stereocenters. The Labute approximate surface area is 814 Å². The van der Waals surface area contributed by atoms with Gasteiger partial charge in [0, 0.05) is 70.6 Å². The zero-order chi connectivity index (χ0) is 93.4. The molecule has 660 valence electrons. The largest absolute Gasteiger partial charge is 0.456 e. The summed E-state index contributed by atoms with van der Waals surface area (Å²) in [7, 11) is 0. The van der Waals surface area contributed by atoms with Gasteiger partial charge >= 0.3 is 0 Å². The van der Waals surface area contributed by atoms with Crippen molar-refractivity contribution >= 4 is 153 Å². The van der Waals surface area contributed by atoms with Gasteiger partial charge in [-0.25, -0.2) is 29.9 Å². The minimum absolute atomic E-state index is 0.117. The molecule has 0 aliphatic heterocycles. The average molecular weight is 1810 g/mol. The Hall–Kier alpha value is -18.4. The van der Waals surface area contributed by atoms with E-state index in [0.29, 0.717) is 0 Å². The van der Waals surface area contributed by atoms with Crippen LogP contribution in [0.4, 0.5) is 0 Å². The molecule has 5 aliphatic rings. The first-order valence-corrected chi connectivity index (χ1v) is 49.0. The van der Waals surface area contributed by atoms with Gasteiger partial charge in [-0.1, -0.05) is 355 Å². The molecule has 0 fully saturated rings. The number of furan rings is 1. The molecule has 10 heteroatoms. The first-order chi connectivity index (χ1) is 70.0. The van der Waals surface area contributed by atoms with E-state index in [1.54, 1.807) is 0 Å². The van der Waals surface area contributed by atoms with Gasteiger partial charge in [-0.2, -0.15) is 0 Å². The standard InChI is InChI=1S/2C45H29N3.C42H23N3O/c1-45(2)34-21-4-3-14-27(34)32-19-9-20-33(42(32)45)43-44(47-36-23-6-5-22-35(36)46-43)48-37-24-10-17-30-28-15-7-12-26-13-8-16-29(39(26)28)31-18-11-25-38(48)41(31)40(30)37;1-45(2)33-20-4-3-14-31(33)40-32(19-9-21-34(40)45)43-44(47-36-23-6-5-22-35(36)46-43)48-37-24-10-17-29-27-15-7-12-26-13-8-16-28(39(26)27)30-18-11-25-38(48)42(30)41(29)37;1-4-20-36-26(11-1)27-22-21-25(23-37(27)46-36)41-42(44-33-17-3-2-16-32(33)43-41)45-34-18-7-14-30-28-12-5-9-24-10-6-13-29(38(24)28)31-15-8-19-35(45)40(31)39(30)34/h2*3-25H,1-2H3;1-23H. The third kappa shape index (κ3) is 10.8. The molecule has 28 aromatic rings. The number of rotatable bonds is 6. The van der Waals surface area contributed by atoms with Crippen LogP contribution < -0.4 is 0 Å². The van der Waals surface area contributed by atoms with Crippen LogP contribution in [-0.4, -0.2) is 43.6 Å². The third-order valence-corrected chi connectivity index (χ3v) is 31.5. The number of hydrogen-bond donors (Lipinski definition) is 0. The first-order valence-electron chi connectivity index (χ1n) is 49.0. The highest BCUT2D eigenvalue weighted by Gasteiger charge is 2.42. The average Bonchev–Trinajstić information content (AvgIpc) is 1.54. The lowest BCUT2D eigenvalue weighted by Gasteiger charge is -2.25. The van der Waals surface area contributed by atoms with Gasteiger partial charge in [0.15, 0.2) is 17.5 Å². The van der Waals surface area contributed by atoms with Crippen molar-refractivity contribution in [1.82, 2.24) is 43.6 Å². The number of fused-ring (bicyclic) bond motifs is 18. The lowest BCUT2D eigenvalue weighted by Crippen LogP contribution is -2.17. The molecule has 21 aromatic carbocycles. The van der Waals surface area contributed by atoms with Crippen LogP contribution in [0.15, 0.2) is 423 Å². The summed E-state index contributed by atoms with van der Waals surface area (Å²) in [6, 6.07) is 151. The number of para-hydroxylation sites is 7. The van der Waals surface area contributed by atoms with E-state index >= 15 is 0 Å². The van der Waals surface area contributed by atoms with E-state index in [4.69, 9.17) is 34.3 Å². The monoisotopic (exact) mass is 1810 g/mol. The van der Waals surface area contributed by atoms with Crippen molar-refractivity contribution in [3.8, 4) is 140 Å². The van der Waals surface area contributed by atoms with Crippen LogP contribution in [0, 0.1) is 0 Å². The van der Waals surface area contributed by atoms with Crippen molar-refractivity contribution in [3.05, 3.63) is 441 Å². The molecule has 0 atom stereocenters. The molecule has 5 aliphatic carbocycles. The SMILES string of the molecule is CC1(C)c2ccccc2-c2c(-c3nc4ccccc4nc3-n3c4cccc5c4c4c(cccc43)-c3cccc4cccc-5c34)cccc21.CC1(C)c2ccccc2-c2cccc(-c3nc4ccccc4nc3-n3c4cccc5c4c4c(cccc43)-c3cccc4cccc-5c34)c21.c1cc2c3c(cccc3c1)-c1cccc3c1c1c-2cccc1n3-c1nc2ccccc2nc1-c1ccc2c(c1)oc1ccccc12. The van der Waals surface area contributed by atoms with Gasteiger partial charge in [-0.3, -0.25) is 13.7 Å². The van der Waals surface area contributed by atoms with Gasteiger partial charge in [-0.05, 0) is 235 Å². The van der Waals surface area contributed by atoms with E-state index in [-0.39, 0.29) is 10.8 Å². The van der Waals surface area contributed by atoms with Gasteiger partial charge in [0.05, 0.1) is 66.2 Å². The Kier molecular flexibility index (Phi) is 16.1. The van der Waals surface area contributed by atoms with Crippen molar-refractivity contribution in [2.75, 3.05) is 0 Å². The summed E-state index contributed by atoms with van der Waals surface area (Å²) in [4.78, 5) is 32.6. The topological polar surface area (TPSA) is 105 Å². The van der Waals surface area contributed by atoms with Crippen LogP contribution in [0.3, 0.4) is 0 Å². The van der Waals surface area contributed by atoms with Crippen LogP contribution in [-0.2, 0) is 10.8 Å². The van der Waals surface area contributed by atoms with Gasteiger partial charge in [0.25, 0.3) is 0 Å². The van der Waals surface area contributed by atoms with Crippen LogP contribution in [0.5, 0.6) is 0 Å². The molecule has 33 rings (SSSR count). The van der Waals surface area contributed by atoms with Crippen LogP contribution in [0.1, 0.15) is 49.9 Å². The van der Waals surface area contributed by atoms with Gasteiger partial charge < -0.3 is 4.42 Å². The predicted octanol–water partition coefficient (Wildman–Crippen LogP) is 34.1. The van der Waals surface area contributed by atoms with Crippen LogP contribution in [0.2, 0.25) is 0 Å². The Morgan fingerprint density at radius 3 is 0.901 bits per heavy atom. The predicted molar refractivity (Wildman–Crippen MR) is 586 cm³/mol. The second-order valence-corrected chi connectivity index (χ2v) is 39.6. The quantitative estimate of drug-likeness (QED) is 0.163. The van der Waals surface area contributed by atoms with E-state index in [0.717, 1.165) is 139 Å².